The number of esters is 2. The van der Waals surface area contributed by atoms with Gasteiger partial charge in [-0.05, 0) is 64.7 Å². The van der Waals surface area contributed by atoms with Crippen molar-refractivity contribution in [3.05, 3.63) is 45.6 Å². The van der Waals surface area contributed by atoms with E-state index in [-0.39, 0.29) is 5.92 Å². The van der Waals surface area contributed by atoms with Crippen molar-refractivity contribution in [1.29, 1.82) is 0 Å². The van der Waals surface area contributed by atoms with E-state index < -0.39 is 17.4 Å². The van der Waals surface area contributed by atoms with Crippen molar-refractivity contribution in [2.45, 2.75) is 39.0 Å². The van der Waals surface area contributed by atoms with Crippen molar-refractivity contribution in [3.63, 3.8) is 0 Å². The number of carbonyl (C=O) groups is 2. The molecule has 140 valence electrons. The van der Waals surface area contributed by atoms with Crippen LogP contribution in [0.2, 0.25) is 0 Å². The van der Waals surface area contributed by atoms with E-state index in [0.717, 1.165) is 34.9 Å². The Morgan fingerprint density at radius 2 is 1.92 bits per heavy atom. The van der Waals surface area contributed by atoms with Gasteiger partial charge >= 0.3 is 11.9 Å². The Hall–Kier alpha value is -1.84. The number of carbonyl (C=O) groups excluding carboxylic acids is 2. The van der Waals surface area contributed by atoms with Gasteiger partial charge in [-0.1, -0.05) is 37.6 Å². The fourth-order valence-electron chi connectivity index (χ4n) is 3.21. The monoisotopic (exact) mass is 420 g/mol. The van der Waals surface area contributed by atoms with Gasteiger partial charge in [0.25, 0.3) is 0 Å². The van der Waals surface area contributed by atoms with Gasteiger partial charge in [0.15, 0.2) is 5.41 Å². The lowest BCUT2D eigenvalue weighted by Gasteiger charge is -2.13. The number of benzene rings is 1. The van der Waals surface area contributed by atoms with Crippen LogP contribution in [0.5, 0.6) is 0 Å². The van der Waals surface area contributed by atoms with E-state index >= 15 is 0 Å². The number of hydrogen-bond acceptors (Lipinski definition) is 4. The Labute approximate surface area is 163 Å². The standard InChI is InChI=1S/C21H25BrO4/c1-4-5-10-18(22)12-11-15-8-6-7-9-16(15)13-17-14-21(17,19(23)25-2)20(24)26-3/h6-9,11,17H,4-5,10,13-14H2,1-3H3. The lowest BCUT2D eigenvalue weighted by atomic mass is 9.96. The minimum atomic E-state index is -1.15. The first-order chi connectivity index (χ1) is 12.5. The maximum absolute atomic E-state index is 12.1. The lowest BCUT2D eigenvalue weighted by Crippen LogP contribution is -2.30. The smallest absolute Gasteiger partial charge is 0.323 e. The highest BCUT2D eigenvalue weighted by atomic mass is 79.9. The number of ether oxygens (including phenoxy) is 2. The van der Waals surface area contributed by atoms with Crippen molar-refractivity contribution >= 4 is 33.9 Å². The molecule has 1 aromatic rings. The van der Waals surface area contributed by atoms with Crippen molar-refractivity contribution < 1.29 is 19.1 Å². The molecule has 0 bridgehead atoms. The average molecular weight is 421 g/mol. The van der Waals surface area contributed by atoms with Crippen LogP contribution in [0.3, 0.4) is 0 Å². The summed E-state index contributed by atoms with van der Waals surface area (Å²) in [7, 11) is 2.61. The summed E-state index contributed by atoms with van der Waals surface area (Å²) in [4.78, 5) is 24.3. The van der Waals surface area contributed by atoms with Crippen LogP contribution in [-0.2, 0) is 25.5 Å². The number of methoxy groups -OCH3 is 2. The van der Waals surface area contributed by atoms with E-state index in [1.807, 2.05) is 30.3 Å². The SMILES string of the molecule is CCCCC(Br)=C=Cc1ccccc1CC1CC1(C(=O)OC)C(=O)OC. The second-order valence-corrected chi connectivity index (χ2v) is 7.51. The van der Waals surface area contributed by atoms with Gasteiger partial charge in [0.05, 0.1) is 14.2 Å². The molecule has 0 saturated heterocycles. The summed E-state index contributed by atoms with van der Waals surface area (Å²) in [5.41, 5.74) is 4.24. The summed E-state index contributed by atoms with van der Waals surface area (Å²) in [6.07, 6.45) is 6.25. The third-order valence-electron chi connectivity index (χ3n) is 4.86. The van der Waals surface area contributed by atoms with Crippen LogP contribution in [0.25, 0.3) is 6.08 Å². The maximum atomic E-state index is 12.1. The third-order valence-corrected chi connectivity index (χ3v) is 5.49. The molecule has 1 aromatic carbocycles. The van der Waals surface area contributed by atoms with E-state index in [9.17, 15) is 9.59 Å². The summed E-state index contributed by atoms with van der Waals surface area (Å²) in [6, 6.07) is 7.97. The normalized spacial score (nSPS) is 17.0. The molecule has 0 radical (unpaired) electrons. The second kappa shape index (κ2) is 9.20. The zero-order chi connectivity index (χ0) is 19.2. The zero-order valence-corrected chi connectivity index (χ0v) is 17.1. The molecule has 1 saturated carbocycles. The van der Waals surface area contributed by atoms with Crippen molar-refractivity contribution in [2.75, 3.05) is 14.2 Å². The van der Waals surface area contributed by atoms with Gasteiger partial charge in [0, 0.05) is 4.48 Å². The topological polar surface area (TPSA) is 52.6 Å². The molecule has 0 amide bonds. The molecule has 2 rings (SSSR count). The molecule has 1 atom stereocenters. The zero-order valence-electron chi connectivity index (χ0n) is 15.5. The molecule has 0 spiro atoms. The highest BCUT2D eigenvalue weighted by molar-refractivity contribution is 9.11. The summed E-state index contributed by atoms with van der Waals surface area (Å²) in [5.74, 6) is -1.13. The van der Waals surface area contributed by atoms with Crippen molar-refractivity contribution in [3.8, 4) is 0 Å². The summed E-state index contributed by atoms with van der Waals surface area (Å²) < 4.78 is 10.7. The molecule has 0 heterocycles. The Morgan fingerprint density at radius 3 is 2.54 bits per heavy atom. The van der Waals surface area contributed by atoms with Crippen molar-refractivity contribution in [1.82, 2.24) is 0 Å². The largest absolute Gasteiger partial charge is 0.468 e. The first-order valence-corrected chi connectivity index (χ1v) is 9.64. The molecule has 26 heavy (non-hydrogen) atoms. The highest BCUT2D eigenvalue weighted by Crippen LogP contribution is 2.56. The fourth-order valence-corrected chi connectivity index (χ4v) is 3.61. The van der Waals surface area contributed by atoms with Crippen LogP contribution >= 0.6 is 15.9 Å². The minimum Gasteiger partial charge on any atom is -0.468 e. The number of unbranched alkanes of at least 4 members (excludes halogenated alkanes) is 1. The first kappa shape index (κ1) is 20.5. The Bertz CT molecular complexity index is 715. The Morgan fingerprint density at radius 1 is 1.27 bits per heavy atom. The Balaban J connectivity index is 2.20. The van der Waals surface area contributed by atoms with Gasteiger partial charge in [-0.25, -0.2) is 0 Å². The minimum absolute atomic E-state index is 0.107. The number of rotatable bonds is 8. The van der Waals surface area contributed by atoms with Crippen LogP contribution in [0.15, 0.2) is 34.5 Å². The van der Waals surface area contributed by atoms with Crippen LogP contribution in [-0.4, -0.2) is 26.2 Å². The van der Waals surface area contributed by atoms with Gasteiger partial charge in [0.1, 0.15) is 0 Å². The van der Waals surface area contributed by atoms with Gasteiger partial charge in [0.2, 0.25) is 0 Å². The van der Waals surface area contributed by atoms with Gasteiger partial charge in [-0.15, -0.1) is 5.73 Å². The van der Waals surface area contributed by atoms with Crippen LogP contribution in [0.1, 0.15) is 43.7 Å². The Kier molecular flexibility index (Phi) is 7.24. The van der Waals surface area contributed by atoms with Crippen LogP contribution in [0, 0.1) is 11.3 Å². The van der Waals surface area contributed by atoms with Gasteiger partial charge < -0.3 is 9.47 Å². The molecular weight excluding hydrogens is 396 g/mol. The van der Waals surface area contributed by atoms with Crippen LogP contribution < -0.4 is 0 Å². The number of allylic oxidation sites excluding steroid dienone is 1. The van der Waals surface area contributed by atoms with E-state index in [4.69, 9.17) is 9.47 Å². The predicted octanol–water partition coefficient (Wildman–Crippen LogP) is 4.66. The van der Waals surface area contributed by atoms with E-state index in [1.54, 1.807) is 0 Å². The quantitative estimate of drug-likeness (QED) is 0.348. The molecule has 1 fully saturated rings. The maximum Gasteiger partial charge on any atom is 0.323 e. The van der Waals surface area contributed by atoms with Crippen molar-refractivity contribution in [2.24, 2.45) is 11.3 Å². The third kappa shape index (κ3) is 4.46. The lowest BCUT2D eigenvalue weighted by molar-refractivity contribution is -0.162. The van der Waals surface area contributed by atoms with E-state index in [0.29, 0.717) is 12.8 Å². The molecule has 1 aliphatic rings. The summed E-state index contributed by atoms with van der Waals surface area (Å²) in [5, 5.41) is 0. The average Bonchev–Trinajstić information content (AvgIpc) is 3.39. The summed E-state index contributed by atoms with van der Waals surface area (Å²) >= 11 is 3.55. The molecule has 0 aromatic heterocycles. The van der Waals surface area contributed by atoms with Gasteiger partial charge in [-0.2, -0.15) is 0 Å². The molecule has 5 heteroatoms. The predicted molar refractivity (Wildman–Crippen MR) is 105 cm³/mol. The fraction of sp³-hybridized carbons (Fsp3) is 0.476. The summed E-state index contributed by atoms with van der Waals surface area (Å²) in [6.45, 7) is 2.16. The van der Waals surface area contributed by atoms with Crippen LogP contribution in [0.4, 0.5) is 0 Å². The number of hydrogen-bond donors (Lipinski definition) is 0. The molecule has 0 aliphatic heterocycles. The second-order valence-electron chi connectivity index (χ2n) is 6.56. The molecule has 1 aliphatic carbocycles. The number of halogens is 1. The van der Waals surface area contributed by atoms with E-state index in [1.165, 1.54) is 14.2 Å². The molecule has 4 nitrogen and oxygen atoms in total. The molecule has 0 N–H and O–H groups in total. The first-order valence-electron chi connectivity index (χ1n) is 8.85. The van der Waals surface area contributed by atoms with E-state index in [2.05, 4.69) is 28.6 Å². The molecule has 1 unspecified atom stereocenters. The highest BCUT2D eigenvalue weighted by Gasteiger charge is 2.67. The van der Waals surface area contributed by atoms with Gasteiger partial charge in [-0.3, -0.25) is 9.59 Å². The molecular formula is C21H25BrO4.